The fourth-order valence-electron chi connectivity index (χ4n) is 2.01. The Bertz CT molecular complexity index is 510. The third-order valence-corrected chi connectivity index (χ3v) is 4.13. The van der Waals surface area contributed by atoms with Gasteiger partial charge in [-0.2, -0.15) is 13.2 Å². The van der Waals surface area contributed by atoms with Crippen LogP contribution in [0.3, 0.4) is 0 Å². The number of alkyl halides is 4. The molecule has 0 spiro atoms. The van der Waals surface area contributed by atoms with Crippen molar-refractivity contribution < 1.29 is 22.7 Å². The molecular formula is C13H13F4NOS. The van der Waals surface area contributed by atoms with Crippen LogP contribution in [0.2, 0.25) is 0 Å². The largest absolute Gasteiger partial charge is 0.423 e. The van der Waals surface area contributed by atoms with Crippen molar-refractivity contribution in [3.8, 4) is 0 Å². The molecule has 1 aromatic rings. The molecular weight excluding hydrogens is 294 g/mol. The molecule has 1 aromatic carbocycles. The maximum Gasteiger partial charge on any atom is 0.423 e. The molecule has 0 bridgehead atoms. The maximum absolute atomic E-state index is 13.1. The molecule has 2 rings (SSSR count). The van der Waals surface area contributed by atoms with Crippen LogP contribution >= 0.6 is 11.9 Å². The van der Waals surface area contributed by atoms with Gasteiger partial charge in [0.25, 0.3) is 0 Å². The van der Waals surface area contributed by atoms with Gasteiger partial charge in [0.1, 0.15) is 11.1 Å². The molecule has 7 heteroatoms. The van der Waals surface area contributed by atoms with E-state index < -0.39 is 29.9 Å². The predicted molar refractivity (Wildman–Crippen MR) is 69.6 cm³/mol. The van der Waals surface area contributed by atoms with Crippen LogP contribution in [0.1, 0.15) is 30.3 Å². The lowest BCUT2D eigenvalue weighted by molar-refractivity contribution is -0.0845. The van der Waals surface area contributed by atoms with Gasteiger partial charge in [-0.1, -0.05) is 24.3 Å². The van der Waals surface area contributed by atoms with E-state index in [9.17, 15) is 22.7 Å². The Morgan fingerprint density at radius 1 is 1.30 bits per heavy atom. The Labute approximate surface area is 118 Å². The van der Waals surface area contributed by atoms with E-state index in [1.54, 1.807) is 12.1 Å². The van der Waals surface area contributed by atoms with Crippen LogP contribution in [0.15, 0.2) is 34.7 Å². The summed E-state index contributed by atoms with van der Waals surface area (Å²) < 4.78 is 54.1. The van der Waals surface area contributed by atoms with Crippen molar-refractivity contribution in [3.05, 3.63) is 45.9 Å². The Kier molecular flexibility index (Phi) is 4.41. The summed E-state index contributed by atoms with van der Waals surface area (Å²) in [6.45, 7) is 0.709. The van der Waals surface area contributed by atoms with Gasteiger partial charge in [0.2, 0.25) is 0 Å². The van der Waals surface area contributed by atoms with Gasteiger partial charge in [-0.05, 0) is 35.6 Å². The van der Waals surface area contributed by atoms with Gasteiger partial charge in [0.05, 0.1) is 12.6 Å². The number of rotatable bonds is 3. The summed E-state index contributed by atoms with van der Waals surface area (Å²) in [6, 6.07) is 5.49. The van der Waals surface area contributed by atoms with Crippen LogP contribution in [-0.2, 0) is 0 Å². The first-order chi connectivity index (χ1) is 9.34. The Balaban J connectivity index is 2.32. The molecule has 0 aromatic heterocycles. The second kappa shape index (κ2) is 5.75. The molecule has 110 valence electrons. The molecule has 0 saturated heterocycles. The number of nitrogens with one attached hydrogen (secondary N) is 1. The van der Waals surface area contributed by atoms with Crippen molar-refractivity contribution in [3.63, 3.8) is 0 Å². The summed E-state index contributed by atoms with van der Waals surface area (Å²) in [4.78, 5) is -0.812. The van der Waals surface area contributed by atoms with Crippen molar-refractivity contribution in [1.29, 1.82) is 0 Å². The maximum atomic E-state index is 13.1. The minimum absolute atomic E-state index is 0.108. The van der Waals surface area contributed by atoms with Crippen LogP contribution in [0.25, 0.3) is 0 Å². The number of aliphatic hydroxyl groups is 1. The monoisotopic (exact) mass is 307 g/mol. The van der Waals surface area contributed by atoms with Crippen LogP contribution in [-0.4, -0.2) is 17.9 Å². The van der Waals surface area contributed by atoms with Crippen LogP contribution in [0.4, 0.5) is 17.6 Å². The molecule has 2 atom stereocenters. The van der Waals surface area contributed by atoms with E-state index in [0.717, 1.165) is 0 Å². The molecule has 0 aliphatic carbocycles. The van der Waals surface area contributed by atoms with Crippen LogP contribution in [0.5, 0.6) is 0 Å². The Hall–Kier alpha value is -1.05. The molecule has 20 heavy (non-hydrogen) atoms. The van der Waals surface area contributed by atoms with Gasteiger partial charge in [0, 0.05) is 0 Å². The van der Waals surface area contributed by atoms with Gasteiger partial charge in [0.15, 0.2) is 0 Å². The molecule has 1 aliphatic heterocycles. The first kappa shape index (κ1) is 15.3. The Morgan fingerprint density at radius 2 is 1.90 bits per heavy atom. The third kappa shape index (κ3) is 2.99. The number of halogens is 4. The molecule has 0 amide bonds. The predicted octanol–water partition coefficient (Wildman–Crippen LogP) is 3.82. The van der Waals surface area contributed by atoms with Crippen molar-refractivity contribution >= 4 is 11.9 Å². The lowest BCUT2D eigenvalue weighted by Crippen LogP contribution is -2.14. The second-order valence-electron chi connectivity index (χ2n) is 4.45. The molecule has 0 saturated carbocycles. The minimum Gasteiger partial charge on any atom is -0.392 e. The summed E-state index contributed by atoms with van der Waals surface area (Å²) in [5.74, 6) is 0. The zero-order valence-electron chi connectivity index (χ0n) is 10.5. The first-order valence-electron chi connectivity index (χ1n) is 5.92. The van der Waals surface area contributed by atoms with Crippen LogP contribution < -0.4 is 4.72 Å². The zero-order valence-corrected chi connectivity index (χ0v) is 11.4. The molecule has 1 aliphatic rings. The lowest BCUT2D eigenvalue weighted by Gasteiger charge is -2.15. The zero-order chi connectivity index (χ0) is 14.9. The van der Waals surface area contributed by atoms with Gasteiger partial charge in [-0.25, -0.2) is 9.11 Å². The molecule has 2 unspecified atom stereocenters. The molecule has 1 heterocycles. The van der Waals surface area contributed by atoms with Crippen molar-refractivity contribution in [2.75, 3.05) is 6.61 Å². The average molecular weight is 307 g/mol. The standard InChI is InChI=1S/C13H13F4NOS/c1-7(14)8-2-4-9(5-3-8)11-10(6-19)12(20-18-11)13(15,16)17/h2-5,7,11,18-19H,6H2,1H3. The number of aliphatic hydroxyl groups excluding tert-OH is 1. The normalized spacial score (nSPS) is 21.4. The quantitative estimate of drug-likeness (QED) is 0.658. The van der Waals surface area contributed by atoms with Gasteiger partial charge in [-0.15, -0.1) is 0 Å². The van der Waals surface area contributed by atoms with Gasteiger partial charge in [-0.3, -0.25) is 0 Å². The highest BCUT2D eigenvalue weighted by atomic mass is 32.2. The van der Waals surface area contributed by atoms with E-state index in [4.69, 9.17) is 0 Å². The highest BCUT2D eigenvalue weighted by molar-refractivity contribution is 8.01. The number of benzene rings is 1. The minimum atomic E-state index is -4.49. The lowest BCUT2D eigenvalue weighted by atomic mass is 9.98. The van der Waals surface area contributed by atoms with Crippen LogP contribution in [0, 0.1) is 0 Å². The summed E-state index contributed by atoms with van der Waals surface area (Å²) in [5.41, 5.74) is 0.915. The summed E-state index contributed by atoms with van der Waals surface area (Å²) in [5, 5.41) is 9.20. The average Bonchev–Trinajstić information content (AvgIpc) is 2.82. The van der Waals surface area contributed by atoms with Crippen molar-refractivity contribution in [1.82, 2.24) is 4.72 Å². The Morgan fingerprint density at radius 3 is 2.35 bits per heavy atom. The summed E-state index contributed by atoms with van der Waals surface area (Å²) in [7, 11) is 0. The third-order valence-electron chi connectivity index (χ3n) is 3.08. The van der Waals surface area contributed by atoms with E-state index in [1.165, 1.54) is 19.1 Å². The fraction of sp³-hybridized carbons (Fsp3) is 0.385. The number of allylic oxidation sites excluding steroid dienone is 1. The molecule has 2 N–H and O–H groups in total. The molecule has 2 nitrogen and oxygen atoms in total. The number of hydrogen-bond donors (Lipinski definition) is 2. The molecule has 0 radical (unpaired) electrons. The highest BCUT2D eigenvalue weighted by Crippen LogP contribution is 2.45. The van der Waals surface area contributed by atoms with E-state index in [2.05, 4.69) is 4.72 Å². The number of hydrogen-bond acceptors (Lipinski definition) is 3. The van der Waals surface area contributed by atoms with E-state index in [1.807, 2.05) is 0 Å². The second-order valence-corrected chi connectivity index (χ2v) is 5.29. The van der Waals surface area contributed by atoms with E-state index in [0.29, 0.717) is 23.1 Å². The highest BCUT2D eigenvalue weighted by Gasteiger charge is 2.42. The van der Waals surface area contributed by atoms with Crippen molar-refractivity contribution in [2.24, 2.45) is 0 Å². The van der Waals surface area contributed by atoms with E-state index >= 15 is 0 Å². The first-order valence-corrected chi connectivity index (χ1v) is 6.73. The molecule has 0 fully saturated rings. The topological polar surface area (TPSA) is 32.3 Å². The van der Waals surface area contributed by atoms with Gasteiger partial charge < -0.3 is 5.11 Å². The smallest absolute Gasteiger partial charge is 0.392 e. The summed E-state index contributed by atoms with van der Waals surface area (Å²) >= 11 is 0.466. The van der Waals surface area contributed by atoms with Gasteiger partial charge >= 0.3 is 6.18 Å². The summed E-state index contributed by atoms with van der Waals surface area (Å²) in [6.07, 6.45) is -5.62. The van der Waals surface area contributed by atoms with Crippen molar-refractivity contribution in [2.45, 2.75) is 25.3 Å². The SMILES string of the molecule is CC(F)c1ccc(C2NSC(C(F)(F)F)=C2CO)cc1. The fourth-order valence-corrected chi connectivity index (χ4v) is 2.95. The van der Waals surface area contributed by atoms with E-state index in [-0.39, 0.29) is 5.57 Å².